The average molecular weight is 394 g/mol. The standard InChI is InChI=1S/C18H26N4O4S/c1-11(2)15-16-14(22(18(15)24)27(5,25)26)6-7-21(16)17(23)13-8-12(9-19-13)10-20(3)4/h6,8-9,11,15-16,19H,7,10H2,1-5H3/t15-,16+/m0/s1. The number of sulfonamides is 1. The van der Waals surface area contributed by atoms with Gasteiger partial charge in [-0.2, -0.15) is 0 Å². The van der Waals surface area contributed by atoms with Gasteiger partial charge in [0.05, 0.1) is 23.9 Å². The number of rotatable bonds is 5. The van der Waals surface area contributed by atoms with E-state index >= 15 is 0 Å². The van der Waals surface area contributed by atoms with Crippen LogP contribution in [0.5, 0.6) is 0 Å². The number of aromatic amines is 1. The number of hydrogen-bond acceptors (Lipinski definition) is 5. The highest BCUT2D eigenvalue weighted by molar-refractivity contribution is 7.89. The number of aromatic nitrogens is 1. The summed E-state index contributed by atoms with van der Waals surface area (Å²) in [6.07, 6.45) is 4.49. The average Bonchev–Trinajstić information content (AvgIpc) is 3.18. The van der Waals surface area contributed by atoms with Crippen LogP contribution in [0.25, 0.3) is 0 Å². The van der Waals surface area contributed by atoms with Gasteiger partial charge in [-0.3, -0.25) is 9.59 Å². The number of nitrogens with one attached hydrogen (secondary N) is 1. The van der Waals surface area contributed by atoms with Crippen LogP contribution in [-0.2, 0) is 21.4 Å². The van der Waals surface area contributed by atoms with E-state index in [-0.39, 0.29) is 18.4 Å². The van der Waals surface area contributed by atoms with E-state index in [0.717, 1.165) is 16.1 Å². The molecule has 0 bridgehead atoms. The zero-order valence-corrected chi connectivity index (χ0v) is 17.1. The molecule has 0 aromatic carbocycles. The Labute approximate surface area is 159 Å². The molecule has 1 N–H and O–H groups in total. The van der Waals surface area contributed by atoms with Gasteiger partial charge in [0.15, 0.2) is 0 Å². The number of carbonyl (C=O) groups is 2. The Bertz CT molecular complexity index is 900. The van der Waals surface area contributed by atoms with Gasteiger partial charge in [-0.15, -0.1) is 0 Å². The summed E-state index contributed by atoms with van der Waals surface area (Å²) >= 11 is 0. The van der Waals surface area contributed by atoms with Gasteiger partial charge in [-0.05, 0) is 37.7 Å². The lowest BCUT2D eigenvalue weighted by atomic mass is 9.89. The number of amides is 2. The second kappa shape index (κ2) is 6.79. The normalized spacial score (nSPS) is 22.8. The molecule has 9 heteroatoms. The van der Waals surface area contributed by atoms with Gasteiger partial charge < -0.3 is 14.8 Å². The summed E-state index contributed by atoms with van der Waals surface area (Å²) in [4.78, 5) is 32.5. The fourth-order valence-electron chi connectivity index (χ4n) is 3.95. The van der Waals surface area contributed by atoms with E-state index in [1.165, 1.54) is 0 Å². The summed E-state index contributed by atoms with van der Waals surface area (Å²) in [5.41, 5.74) is 1.82. The third-order valence-electron chi connectivity index (χ3n) is 4.98. The van der Waals surface area contributed by atoms with Crippen LogP contribution in [0.15, 0.2) is 24.0 Å². The Morgan fingerprint density at radius 2 is 2.04 bits per heavy atom. The van der Waals surface area contributed by atoms with E-state index in [2.05, 4.69) is 4.98 Å². The van der Waals surface area contributed by atoms with Gasteiger partial charge >= 0.3 is 0 Å². The molecular weight excluding hydrogens is 368 g/mol. The first-order chi connectivity index (χ1) is 12.5. The Morgan fingerprint density at radius 3 is 2.59 bits per heavy atom. The third kappa shape index (κ3) is 3.41. The molecule has 148 valence electrons. The summed E-state index contributed by atoms with van der Waals surface area (Å²) < 4.78 is 25.2. The molecule has 3 heterocycles. The molecule has 0 spiro atoms. The van der Waals surface area contributed by atoms with Crippen molar-refractivity contribution in [3.8, 4) is 0 Å². The van der Waals surface area contributed by atoms with Crippen LogP contribution in [0.2, 0.25) is 0 Å². The second-order valence-corrected chi connectivity index (χ2v) is 9.66. The molecule has 1 fully saturated rings. The molecule has 2 amide bonds. The molecule has 2 atom stereocenters. The van der Waals surface area contributed by atoms with Crippen molar-refractivity contribution in [2.24, 2.45) is 11.8 Å². The minimum absolute atomic E-state index is 0.0982. The zero-order chi connectivity index (χ0) is 20.1. The molecule has 8 nitrogen and oxygen atoms in total. The molecule has 1 aromatic rings. The van der Waals surface area contributed by atoms with Crippen molar-refractivity contribution in [1.29, 1.82) is 0 Å². The Kier molecular flexibility index (Phi) is 4.94. The Balaban J connectivity index is 1.92. The summed E-state index contributed by atoms with van der Waals surface area (Å²) in [5, 5.41) is 0. The molecule has 0 saturated carbocycles. The highest BCUT2D eigenvalue weighted by Gasteiger charge is 2.54. The lowest BCUT2D eigenvalue weighted by molar-refractivity contribution is -0.128. The van der Waals surface area contributed by atoms with Crippen LogP contribution >= 0.6 is 0 Å². The van der Waals surface area contributed by atoms with E-state index in [1.54, 1.807) is 23.2 Å². The molecule has 1 aromatic heterocycles. The number of hydrogen-bond donors (Lipinski definition) is 1. The van der Waals surface area contributed by atoms with E-state index in [1.807, 2.05) is 32.8 Å². The van der Waals surface area contributed by atoms with Crippen LogP contribution in [0, 0.1) is 11.8 Å². The molecule has 2 aliphatic heterocycles. The van der Waals surface area contributed by atoms with Gasteiger partial charge in [0.2, 0.25) is 15.9 Å². The summed E-state index contributed by atoms with van der Waals surface area (Å²) in [6.45, 7) is 4.72. The maximum Gasteiger partial charge on any atom is 0.271 e. The van der Waals surface area contributed by atoms with Crippen molar-refractivity contribution in [2.45, 2.75) is 26.4 Å². The Hall–Kier alpha value is -2.13. The van der Waals surface area contributed by atoms with E-state index < -0.39 is 27.9 Å². The van der Waals surface area contributed by atoms with Crippen molar-refractivity contribution in [1.82, 2.24) is 19.1 Å². The van der Waals surface area contributed by atoms with Crippen molar-refractivity contribution in [2.75, 3.05) is 26.9 Å². The number of nitrogens with zero attached hydrogens (tertiary/aromatic N) is 3. The first-order valence-corrected chi connectivity index (χ1v) is 10.7. The topological polar surface area (TPSA) is 93.8 Å². The summed E-state index contributed by atoms with van der Waals surface area (Å²) in [6, 6.07) is 1.25. The lowest BCUT2D eigenvalue weighted by Crippen LogP contribution is -2.43. The number of fused-ring (bicyclic) bond motifs is 1. The number of H-pyrrole nitrogens is 1. The highest BCUT2D eigenvalue weighted by Crippen LogP contribution is 2.41. The quantitative estimate of drug-likeness (QED) is 0.799. The van der Waals surface area contributed by atoms with E-state index in [0.29, 0.717) is 17.9 Å². The molecule has 0 radical (unpaired) electrons. The van der Waals surface area contributed by atoms with Crippen molar-refractivity contribution in [3.05, 3.63) is 35.3 Å². The fraction of sp³-hybridized carbons (Fsp3) is 0.556. The minimum atomic E-state index is -3.73. The maximum atomic E-state index is 13.1. The SMILES string of the molecule is CC(C)[C@@H]1C(=O)N(S(C)(=O)=O)C2=CCN(C(=O)c3cc(CN(C)C)c[nH]3)[C@H]21. The predicted octanol–water partition coefficient (Wildman–Crippen LogP) is 0.859. The van der Waals surface area contributed by atoms with Gasteiger partial charge in [-0.25, -0.2) is 12.7 Å². The number of carbonyl (C=O) groups excluding carboxylic acids is 2. The smallest absolute Gasteiger partial charge is 0.271 e. The molecule has 27 heavy (non-hydrogen) atoms. The van der Waals surface area contributed by atoms with Crippen LogP contribution in [0.4, 0.5) is 0 Å². The summed E-state index contributed by atoms with van der Waals surface area (Å²) in [7, 11) is 0.162. The van der Waals surface area contributed by atoms with E-state index in [9.17, 15) is 18.0 Å². The molecule has 0 unspecified atom stereocenters. The Morgan fingerprint density at radius 1 is 1.37 bits per heavy atom. The second-order valence-electron chi connectivity index (χ2n) is 7.83. The summed E-state index contributed by atoms with van der Waals surface area (Å²) in [5.74, 6) is -1.36. The first kappa shape index (κ1) is 19.6. The van der Waals surface area contributed by atoms with Gasteiger partial charge in [0.1, 0.15) is 5.69 Å². The third-order valence-corrected chi connectivity index (χ3v) is 6.03. The fourth-order valence-corrected chi connectivity index (χ4v) is 4.97. The van der Waals surface area contributed by atoms with Crippen LogP contribution < -0.4 is 0 Å². The predicted molar refractivity (Wildman–Crippen MR) is 101 cm³/mol. The van der Waals surface area contributed by atoms with E-state index in [4.69, 9.17) is 0 Å². The van der Waals surface area contributed by atoms with Gasteiger partial charge in [0.25, 0.3) is 5.91 Å². The molecule has 2 aliphatic rings. The zero-order valence-electron chi connectivity index (χ0n) is 16.3. The van der Waals surface area contributed by atoms with Crippen LogP contribution in [0.1, 0.15) is 29.9 Å². The van der Waals surface area contributed by atoms with Crippen LogP contribution in [0.3, 0.4) is 0 Å². The lowest BCUT2D eigenvalue weighted by Gasteiger charge is -2.28. The monoisotopic (exact) mass is 394 g/mol. The minimum Gasteiger partial charge on any atom is -0.357 e. The van der Waals surface area contributed by atoms with Crippen LogP contribution in [-0.4, -0.2) is 72.3 Å². The molecule has 3 rings (SSSR count). The van der Waals surface area contributed by atoms with Crippen molar-refractivity contribution in [3.63, 3.8) is 0 Å². The highest BCUT2D eigenvalue weighted by atomic mass is 32.2. The van der Waals surface area contributed by atoms with Crippen molar-refractivity contribution < 1.29 is 18.0 Å². The maximum absolute atomic E-state index is 13.1. The van der Waals surface area contributed by atoms with Gasteiger partial charge in [-0.1, -0.05) is 13.8 Å². The molecule has 1 saturated heterocycles. The van der Waals surface area contributed by atoms with Crippen molar-refractivity contribution >= 4 is 21.8 Å². The largest absolute Gasteiger partial charge is 0.357 e. The van der Waals surface area contributed by atoms with Gasteiger partial charge in [0, 0.05) is 19.3 Å². The first-order valence-electron chi connectivity index (χ1n) is 8.89. The molecular formula is C18H26N4O4S. The molecule has 0 aliphatic carbocycles.